The van der Waals surface area contributed by atoms with Gasteiger partial charge in [-0.05, 0) is 22.3 Å². The summed E-state index contributed by atoms with van der Waals surface area (Å²) in [5.74, 6) is -3.22. The van der Waals surface area contributed by atoms with Crippen molar-refractivity contribution in [1.82, 2.24) is 4.90 Å². The van der Waals surface area contributed by atoms with Gasteiger partial charge in [0.25, 0.3) is 0 Å². The number of aliphatic carboxylic acids is 1. The Morgan fingerprint density at radius 3 is 1.26 bits per heavy atom. The fraction of sp³-hybridized carbons (Fsp3) is 0.610. The van der Waals surface area contributed by atoms with Crippen LogP contribution in [0.15, 0.2) is 48.5 Å². The summed E-state index contributed by atoms with van der Waals surface area (Å²) in [7, 11) is 1.70. The van der Waals surface area contributed by atoms with Gasteiger partial charge >= 0.3 is 18.0 Å². The summed E-state index contributed by atoms with van der Waals surface area (Å²) >= 11 is 0. The molecule has 0 saturated carbocycles. The van der Waals surface area contributed by atoms with Gasteiger partial charge in [-0.15, -0.1) is 0 Å². The SMILES string of the molecule is CN(CCOCCOCCOCCOCCOCCOCCOCCOCCOCCOC(=O)CCC(=O)C(=O)O)C(=O)OCC1c2ccccc2-c2ccccc21. The van der Waals surface area contributed by atoms with Crippen molar-refractivity contribution in [2.75, 3.05) is 146 Å². The smallest absolute Gasteiger partial charge is 0.409 e. The van der Waals surface area contributed by atoms with Gasteiger partial charge in [-0.3, -0.25) is 9.59 Å². The first kappa shape index (κ1) is 48.3. The highest BCUT2D eigenvalue weighted by Gasteiger charge is 2.29. The number of nitrogens with zero attached hydrogens (tertiary/aromatic N) is 1. The second-order valence-electron chi connectivity index (χ2n) is 12.7. The van der Waals surface area contributed by atoms with E-state index in [-0.39, 0.29) is 38.3 Å². The van der Waals surface area contributed by atoms with Crippen molar-refractivity contribution < 1.29 is 76.4 Å². The summed E-state index contributed by atoms with van der Waals surface area (Å²) < 4.78 is 59.7. The van der Waals surface area contributed by atoms with Gasteiger partial charge in [0.15, 0.2) is 0 Å². The van der Waals surface area contributed by atoms with Crippen LogP contribution >= 0.6 is 0 Å². The zero-order valence-corrected chi connectivity index (χ0v) is 33.5. The van der Waals surface area contributed by atoms with Crippen molar-refractivity contribution in [3.05, 3.63) is 59.7 Å². The summed E-state index contributed by atoms with van der Waals surface area (Å²) in [6.45, 7) is 7.99. The molecular formula is C41H59NO16. The maximum Gasteiger partial charge on any atom is 0.409 e. The molecular weight excluding hydrogens is 762 g/mol. The minimum atomic E-state index is -1.57. The summed E-state index contributed by atoms with van der Waals surface area (Å²) in [6, 6.07) is 16.5. The number of carboxylic acid groups (broad SMARTS) is 1. The first-order valence-electron chi connectivity index (χ1n) is 19.6. The number of fused-ring (bicyclic) bond motifs is 3. The number of Topliss-reactive ketones (excluding diaryl/α,β-unsaturated/α-hetero) is 1. The van der Waals surface area contributed by atoms with E-state index in [4.69, 9.17) is 57.2 Å². The van der Waals surface area contributed by atoms with E-state index in [1.165, 1.54) is 27.2 Å². The van der Waals surface area contributed by atoms with Crippen LogP contribution in [0.3, 0.4) is 0 Å². The van der Waals surface area contributed by atoms with Crippen molar-refractivity contribution in [2.24, 2.45) is 0 Å². The molecule has 1 N–H and O–H groups in total. The molecule has 0 bridgehead atoms. The lowest BCUT2D eigenvalue weighted by Gasteiger charge is -2.19. The molecule has 3 rings (SSSR count). The van der Waals surface area contributed by atoms with Crippen LogP contribution in [0.1, 0.15) is 29.9 Å². The zero-order valence-electron chi connectivity index (χ0n) is 33.5. The summed E-state index contributed by atoms with van der Waals surface area (Å²) in [5.41, 5.74) is 4.76. The fourth-order valence-corrected chi connectivity index (χ4v) is 5.47. The predicted molar refractivity (Wildman–Crippen MR) is 208 cm³/mol. The molecule has 0 spiro atoms. The van der Waals surface area contributed by atoms with Gasteiger partial charge in [0.2, 0.25) is 5.78 Å². The van der Waals surface area contributed by atoms with Crippen molar-refractivity contribution in [1.29, 1.82) is 0 Å². The highest BCUT2D eigenvalue weighted by molar-refractivity contribution is 6.32. The van der Waals surface area contributed by atoms with Gasteiger partial charge in [-0.2, -0.15) is 0 Å². The monoisotopic (exact) mass is 821 g/mol. The highest BCUT2D eigenvalue weighted by Crippen LogP contribution is 2.44. The zero-order chi connectivity index (χ0) is 41.5. The number of hydrogen-bond donors (Lipinski definition) is 1. The number of likely N-dealkylation sites (N-methyl/N-ethyl adjacent to an activating group) is 1. The van der Waals surface area contributed by atoms with Crippen molar-refractivity contribution >= 4 is 23.8 Å². The van der Waals surface area contributed by atoms with Gasteiger partial charge in [0, 0.05) is 25.9 Å². The Kier molecular flexibility index (Phi) is 25.8. The normalized spacial score (nSPS) is 11.9. The Morgan fingerprint density at radius 1 is 0.500 bits per heavy atom. The number of rotatable bonds is 36. The van der Waals surface area contributed by atoms with E-state index in [0.717, 1.165) is 0 Å². The van der Waals surface area contributed by atoms with Crippen LogP contribution < -0.4 is 0 Å². The Bertz CT molecular complexity index is 1410. The third kappa shape index (κ3) is 20.6. The second kappa shape index (κ2) is 31.0. The molecule has 58 heavy (non-hydrogen) atoms. The number of amides is 1. The number of esters is 1. The molecule has 0 heterocycles. The largest absolute Gasteiger partial charge is 0.476 e. The lowest BCUT2D eigenvalue weighted by molar-refractivity contribution is -0.151. The molecule has 17 nitrogen and oxygen atoms in total. The van der Waals surface area contributed by atoms with Gasteiger partial charge in [-0.1, -0.05) is 48.5 Å². The van der Waals surface area contributed by atoms with E-state index >= 15 is 0 Å². The molecule has 0 aromatic heterocycles. The first-order chi connectivity index (χ1) is 28.4. The molecule has 17 heteroatoms. The Morgan fingerprint density at radius 2 is 0.862 bits per heavy atom. The Balaban J connectivity index is 0.967. The number of carboxylic acids is 1. The van der Waals surface area contributed by atoms with E-state index in [0.29, 0.717) is 119 Å². The van der Waals surface area contributed by atoms with E-state index < -0.39 is 24.1 Å². The average molecular weight is 822 g/mol. The summed E-state index contributed by atoms with van der Waals surface area (Å²) in [6.07, 6.45) is -1.05. The molecule has 0 unspecified atom stereocenters. The predicted octanol–water partition coefficient (Wildman–Crippen LogP) is 2.99. The molecule has 0 fully saturated rings. The van der Waals surface area contributed by atoms with Gasteiger partial charge in [0.1, 0.15) is 13.2 Å². The van der Waals surface area contributed by atoms with Crippen LogP contribution in [0.25, 0.3) is 11.1 Å². The number of benzene rings is 2. The first-order valence-corrected chi connectivity index (χ1v) is 19.6. The minimum absolute atomic E-state index is 0.00715. The lowest BCUT2D eigenvalue weighted by atomic mass is 9.98. The van der Waals surface area contributed by atoms with Crippen molar-refractivity contribution in [3.8, 4) is 11.1 Å². The third-order valence-electron chi connectivity index (χ3n) is 8.48. The maximum absolute atomic E-state index is 12.6. The molecule has 1 aliphatic carbocycles. The van der Waals surface area contributed by atoms with Crippen LogP contribution in [-0.4, -0.2) is 180 Å². The van der Waals surface area contributed by atoms with Crippen molar-refractivity contribution in [2.45, 2.75) is 18.8 Å². The molecule has 1 amide bonds. The number of carbonyl (C=O) groups is 4. The standard InChI is InChI=1S/C41H59NO16/c1-42(41(47)58-32-37-35-8-4-2-6-33(35)34-7-3-5-9-36(34)37)12-13-48-14-15-49-16-17-50-18-19-51-20-21-52-22-23-53-24-25-54-26-27-55-28-29-56-30-31-57-39(44)11-10-38(43)40(45)46/h2-9,37H,10-32H2,1H3,(H,45,46). The van der Waals surface area contributed by atoms with Crippen LogP contribution in [0.5, 0.6) is 0 Å². The molecule has 0 atom stereocenters. The molecule has 0 saturated heterocycles. The Labute approximate surface area is 340 Å². The summed E-state index contributed by atoms with van der Waals surface area (Å²) in [5, 5.41) is 8.46. The molecule has 0 radical (unpaired) electrons. The second-order valence-corrected chi connectivity index (χ2v) is 12.7. The minimum Gasteiger partial charge on any atom is -0.476 e. The Hall–Kier alpha value is -4.04. The van der Waals surface area contributed by atoms with E-state index in [1.54, 1.807) is 7.05 Å². The van der Waals surface area contributed by atoms with E-state index in [2.05, 4.69) is 24.3 Å². The van der Waals surface area contributed by atoms with Crippen LogP contribution in [-0.2, 0) is 66.5 Å². The summed E-state index contributed by atoms with van der Waals surface area (Å²) in [4.78, 5) is 46.8. The molecule has 0 aliphatic heterocycles. The number of ether oxygens (including phenoxy) is 11. The van der Waals surface area contributed by atoms with E-state index in [9.17, 15) is 19.2 Å². The number of ketones is 1. The number of carbonyl (C=O) groups excluding carboxylic acids is 3. The lowest BCUT2D eigenvalue weighted by Crippen LogP contribution is -2.32. The van der Waals surface area contributed by atoms with Gasteiger partial charge < -0.3 is 62.1 Å². The molecule has 2 aromatic carbocycles. The van der Waals surface area contributed by atoms with Gasteiger partial charge in [-0.25, -0.2) is 9.59 Å². The van der Waals surface area contributed by atoms with Crippen LogP contribution in [0.2, 0.25) is 0 Å². The maximum atomic E-state index is 12.6. The topological polar surface area (TPSA) is 193 Å². The van der Waals surface area contributed by atoms with Crippen molar-refractivity contribution in [3.63, 3.8) is 0 Å². The highest BCUT2D eigenvalue weighted by atomic mass is 16.6. The van der Waals surface area contributed by atoms with Gasteiger partial charge in [0.05, 0.1) is 125 Å². The van der Waals surface area contributed by atoms with Crippen LogP contribution in [0.4, 0.5) is 4.79 Å². The third-order valence-corrected chi connectivity index (χ3v) is 8.48. The number of hydrogen-bond acceptors (Lipinski definition) is 15. The van der Waals surface area contributed by atoms with Crippen LogP contribution in [0, 0.1) is 0 Å². The fourth-order valence-electron chi connectivity index (χ4n) is 5.47. The molecule has 324 valence electrons. The van der Waals surface area contributed by atoms with E-state index in [1.807, 2.05) is 24.3 Å². The average Bonchev–Trinajstić information content (AvgIpc) is 3.55. The molecule has 2 aromatic rings. The quantitative estimate of drug-likeness (QED) is 0.0599. The molecule has 1 aliphatic rings.